The number of aliphatic carboxylic acids is 1. The fourth-order valence-corrected chi connectivity index (χ4v) is 0.725. The van der Waals surface area contributed by atoms with E-state index in [1.54, 1.807) is 19.0 Å². The average molecular weight is 147 g/mol. The Bertz CT molecular complexity index is 114. The van der Waals surface area contributed by atoms with Crippen LogP contribution in [0, 0.1) is 0 Å². The molecular formula is C6H13NO3. The van der Waals surface area contributed by atoms with Crippen molar-refractivity contribution in [2.45, 2.75) is 12.5 Å². The second kappa shape index (κ2) is 4.24. The lowest BCUT2D eigenvalue weighted by atomic mass is 10.2. The van der Waals surface area contributed by atoms with Gasteiger partial charge < -0.3 is 10.2 Å². The maximum absolute atomic E-state index is 10.4. The number of carboxylic acids is 1. The molecule has 0 bridgehead atoms. The van der Waals surface area contributed by atoms with Gasteiger partial charge >= 0.3 is 5.97 Å². The zero-order valence-corrected chi connectivity index (χ0v) is 6.24. The van der Waals surface area contributed by atoms with Gasteiger partial charge in [0.05, 0.1) is 0 Å². The van der Waals surface area contributed by atoms with Gasteiger partial charge in [-0.1, -0.05) is 0 Å². The Kier molecular flexibility index (Phi) is 3.99. The molecule has 10 heavy (non-hydrogen) atoms. The van der Waals surface area contributed by atoms with Gasteiger partial charge in [-0.25, -0.2) is 0 Å². The van der Waals surface area contributed by atoms with Crippen LogP contribution in [0.3, 0.4) is 0 Å². The Morgan fingerprint density at radius 1 is 1.60 bits per heavy atom. The van der Waals surface area contributed by atoms with E-state index in [1.807, 2.05) is 0 Å². The molecule has 0 aromatic rings. The molecule has 0 unspecified atom stereocenters. The van der Waals surface area contributed by atoms with Crippen LogP contribution in [0.2, 0.25) is 0 Å². The summed E-state index contributed by atoms with van der Waals surface area (Å²) in [6.07, 6.45) is 0.280. The van der Waals surface area contributed by atoms with E-state index in [4.69, 9.17) is 10.2 Å². The number of aliphatic hydroxyl groups excluding tert-OH is 1. The summed E-state index contributed by atoms with van der Waals surface area (Å²) in [5.41, 5.74) is 0. The van der Waals surface area contributed by atoms with Gasteiger partial charge in [0.2, 0.25) is 0 Å². The molecule has 1 atom stereocenters. The SMILES string of the molecule is CN(C)[C@@H](CCO)C(=O)O. The van der Waals surface area contributed by atoms with E-state index in [-0.39, 0.29) is 13.0 Å². The van der Waals surface area contributed by atoms with E-state index in [0.717, 1.165) is 0 Å². The highest BCUT2D eigenvalue weighted by Gasteiger charge is 2.17. The third kappa shape index (κ3) is 2.80. The second-order valence-corrected chi connectivity index (χ2v) is 2.33. The molecular weight excluding hydrogens is 134 g/mol. The molecule has 0 saturated carbocycles. The van der Waals surface area contributed by atoms with Crippen molar-refractivity contribution in [1.82, 2.24) is 4.90 Å². The number of hydrogen-bond acceptors (Lipinski definition) is 3. The van der Waals surface area contributed by atoms with Gasteiger partial charge in [0, 0.05) is 6.61 Å². The number of carboxylic acid groups (broad SMARTS) is 1. The van der Waals surface area contributed by atoms with Crippen LogP contribution in [0.15, 0.2) is 0 Å². The zero-order valence-electron chi connectivity index (χ0n) is 6.24. The van der Waals surface area contributed by atoms with Crippen LogP contribution in [-0.4, -0.2) is 47.8 Å². The van der Waals surface area contributed by atoms with Crippen LogP contribution in [0.25, 0.3) is 0 Å². The Morgan fingerprint density at radius 3 is 2.20 bits per heavy atom. The van der Waals surface area contributed by atoms with E-state index in [9.17, 15) is 4.79 Å². The second-order valence-electron chi connectivity index (χ2n) is 2.33. The first-order valence-electron chi connectivity index (χ1n) is 3.09. The highest BCUT2D eigenvalue weighted by Crippen LogP contribution is 1.97. The highest BCUT2D eigenvalue weighted by atomic mass is 16.4. The molecule has 4 nitrogen and oxygen atoms in total. The minimum atomic E-state index is -0.890. The van der Waals surface area contributed by atoms with Crippen LogP contribution in [0.4, 0.5) is 0 Å². The first-order valence-corrected chi connectivity index (χ1v) is 3.09. The summed E-state index contributed by atoms with van der Waals surface area (Å²) in [6, 6.07) is -0.565. The predicted octanol–water partition coefficient (Wildman–Crippen LogP) is -0.616. The molecule has 0 fully saturated rings. The third-order valence-electron chi connectivity index (χ3n) is 1.31. The van der Waals surface area contributed by atoms with Crippen molar-refractivity contribution in [3.8, 4) is 0 Å². The van der Waals surface area contributed by atoms with E-state index >= 15 is 0 Å². The Morgan fingerprint density at radius 2 is 2.10 bits per heavy atom. The van der Waals surface area contributed by atoms with E-state index < -0.39 is 12.0 Å². The quantitative estimate of drug-likeness (QED) is 0.556. The van der Waals surface area contributed by atoms with Crippen LogP contribution in [0.5, 0.6) is 0 Å². The summed E-state index contributed by atoms with van der Waals surface area (Å²) in [5.74, 6) is -0.890. The van der Waals surface area contributed by atoms with Crippen LogP contribution in [-0.2, 0) is 4.79 Å². The summed E-state index contributed by atoms with van der Waals surface area (Å²) in [4.78, 5) is 11.9. The van der Waals surface area contributed by atoms with E-state index in [0.29, 0.717) is 0 Å². The molecule has 2 N–H and O–H groups in total. The first-order chi connectivity index (χ1) is 4.59. The zero-order chi connectivity index (χ0) is 8.15. The lowest BCUT2D eigenvalue weighted by Gasteiger charge is -2.18. The molecule has 0 aromatic heterocycles. The number of carbonyl (C=O) groups is 1. The van der Waals surface area contributed by atoms with Gasteiger partial charge in [0.1, 0.15) is 6.04 Å². The summed E-state index contributed by atoms with van der Waals surface area (Å²) in [7, 11) is 3.35. The maximum atomic E-state index is 10.4. The van der Waals surface area contributed by atoms with Crippen molar-refractivity contribution in [1.29, 1.82) is 0 Å². The number of rotatable bonds is 4. The van der Waals surface area contributed by atoms with E-state index in [1.165, 1.54) is 0 Å². The lowest BCUT2D eigenvalue weighted by molar-refractivity contribution is -0.142. The van der Waals surface area contributed by atoms with Crippen LogP contribution >= 0.6 is 0 Å². The van der Waals surface area contributed by atoms with E-state index in [2.05, 4.69) is 0 Å². The number of likely N-dealkylation sites (N-methyl/N-ethyl adjacent to an activating group) is 1. The Balaban J connectivity index is 3.85. The van der Waals surface area contributed by atoms with Gasteiger partial charge in [-0.15, -0.1) is 0 Å². The fourth-order valence-electron chi connectivity index (χ4n) is 0.725. The number of aliphatic hydroxyl groups is 1. The molecule has 0 spiro atoms. The van der Waals surface area contributed by atoms with Crippen molar-refractivity contribution in [3.05, 3.63) is 0 Å². The molecule has 0 aliphatic heterocycles. The minimum absolute atomic E-state index is 0.0881. The van der Waals surface area contributed by atoms with Crippen molar-refractivity contribution in [3.63, 3.8) is 0 Å². The van der Waals surface area contributed by atoms with Crippen molar-refractivity contribution in [2.24, 2.45) is 0 Å². The summed E-state index contributed by atoms with van der Waals surface area (Å²) in [5, 5.41) is 17.0. The summed E-state index contributed by atoms with van der Waals surface area (Å²) < 4.78 is 0. The predicted molar refractivity (Wildman–Crippen MR) is 36.8 cm³/mol. The molecule has 0 amide bonds. The Hall–Kier alpha value is -0.610. The molecule has 0 radical (unpaired) electrons. The molecule has 0 aliphatic carbocycles. The molecule has 0 rings (SSSR count). The van der Waals surface area contributed by atoms with Crippen molar-refractivity contribution in [2.75, 3.05) is 20.7 Å². The summed E-state index contributed by atoms with van der Waals surface area (Å²) >= 11 is 0. The minimum Gasteiger partial charge on any atom is -0.480 e. The normalized spacial score (nSPS) is 13.6. The van der Waals surface area contributed by atoms with Crippen molar-refractivity contribution >= 4 is 5.97 Å². The number of hydrogen-bond donors (Lipinski definition) is 2. The van der Waals surface area contributed by atoms with Gasteiger partial charge in [0.25, 0.3) is 0 Å². The number of nitrogens with zero attached hydrogens (tertiary/aromatic N) is 1. The van der Waals surface area contributed by atoms with Gasteiger partial charge in [-0.3, -0.25) is 9.69 Å². The summed E-state index contributed by atoms with van der Waals surface area (Å²) in [6.45, 7) is -0.0881. The average Bonchev–Trinajstić information content (AvgIpc) is 1.81. The topological polar surface area (TPSA) is 60.8 Å². The largest absolute Gasteiger partial charge is 0.480 e. The monoisotopic (exact) mass is 147 g/mol. The molecule has 0 aliphatic rings. The molecule has 0 aromatic carbocycles. The first kappa shape index (κ1) is 9.39. The molecule has 4 heteroatoms. The van der Waals surface area contributed by atoms with Crippen molar-refractivity contribution < 1.29 is 15.0 Å². The maximum Gasteiger partial charge on any atom is 0.320 e. The van der Waals surface area contributed by atoms with Gasteiger partial charge in [0.15, 0.2) is 0 Å². The molecule has 0 saturated heterocycles. The lowest BCUT2D eigenvalue weighted by Crippen LogP contribution is -2.36. The third-order valence-corrected chi connectivity index (χ3v) is 1.31. The van der Waals surface area contributed by atoms with Gasteiger partial charge in [-0.05, 0) is 20.5 Å². The smallest absolute Gasteiger partial charge is 0.320 e. The fraction of sp³-hybridized carbons (Fsp3) is 0.833. The highest BCUT2D eigenvalue weighted by molar-refractivity contribution is 5.73. The standard InChI is InChI=1S/C6H13NO3/c1-7(2)5(3-4-8)6(9)10/h5,8H,3-4H2,1-2H3,(H,9,10)/t5-/m0/s1. The molecule has 60 valence electrons. The molecule has 0 heterocycles. The van der Waals surface area contributed by atoms with Crippen LogP contribution < -0.4 is 0 Å². The Labute approximate surface area is 60.1 Å². The van der Waals surface area contributed by atoms with Crippen LogP contribution in [0.1, 0.15) is 6.42 Å². The van der Waals surface area contributed by atoms with Gasteiger partial charge in [-0.2, -0.15) is 0 Å².